The summed E-state index contributed by atoms with van der Waals surface area (Å²) >= 11 is 5.50. The molecule has 0 amide bonds. The van der Waals surface area contributed by atoms with Crippen LogP contribution in [0.5, 0.6) is 0 Å². The second-order valence-electron chi connectivity index (χ2n) is 1.54. The summed E-state index contributed by atoms with van der Waals surface area (Å²) in [7, 11) is 0. The van der Waals surface area contributed by atoms with Crippen molar-refractivity contribution in [3.8, 4) is 6.07 Å². The van der Waals surface area contributed by atoms with Crippen molar-refractivity contribution in [1.82, 2.24) is 15.4 Å². The van der Waals surface area contributed by atoms with Crippen molar-refractivity contribution in [1.29, 1.82) is 5.26 Å². The molecule has 1 unspecified atom stereocenters. The first kappa shape index (κ1) is 6.90. The molecule has 1 aromatic rings. The average Bonchev–Trinajstić information content (AvgIpc) is 2.05. The minimum absolute atomic E-state index is 0.430. The molecule has 1 heterocycles. The predicted octanol–water partition coefficient (Wildman–Crippen LogP) is 0.675. The Labute approximate surface area is 62.5 Å². The SMILES string of the molecule is N#CC(Cl)c1ccnnn1. The highest BCUT2D eigenvalue weighted by Crippen LogP contribution is 2.13. The second kappa shape index (κ2) is 3.08. The molecule has 0 saturated carbocycles. The summed E-state index contributed by atoms with van der Waals surface area (Å²) in [5.74, 6) is 0. The molecule has 0 aromatic carbocycles. The third-order valence-electron chi connectivity index (χ3n) is 0.897. The van der Waals surface area contributed by atoms with Crippen LogP contribution in [0.4, 0.5) is 0 Å². The minimum atomic E-state index is -0.726. The van der Waals surface area contributed by atoms with E-state index in [1.165, 1.54) is 6.20 Å². The van der Waals surface area contributed by atoms with Gasteiger partial charge in [-0.1, -0.05) is 11.6 Å². The van der Waals surface area contributed by atoms with Gasteiger partial charge in [0.05, 0.1) is 18.0 Å². The predicted molar refractivity (Wildman–Crippen MR) is 34.0 cm³/mol. The quantitative estimate of drug-likeness (QED) is 0.558. The molecule has 0 aliphatic rings. The zero-order valence-corrected chi connectivity index (χ0v) is 5.65. The van der Waals surface area contributed by atoms with Crippen LogP contribution in [0.25, 0.3) is 0 Å². The van der Waals surface area contributed by atoms with Crippen LogP contribution < -0.4 is 0 Å². The molecule has 0 radical (unpaired) electrons. The fraction of sp³-hybridized carbons (Fsp3) is 0.200. The summed E-state index contributed by atoms with van der Waals surface area (Å²) in [6.07, 6.45) is 1.44. The maximum Gasteiger partial charge on any atom is 0.164 e. The Bertz CT molecular complexity index is 242. The minimum Gasteiger partial charge on any atom is -0.196 e. The van der Waals surface area contributed by atoms with Gasteiger partial charge in [-0.15, -0.1) is 10.2 Å². The van der Waals surface area contributed by atoms with Gasteiger partial charge < -0.3 is 0 Å². The zero-order chi connectivity index (χ0) is 7.40. The van der Waals surface area contributed by atoms with E-state index >= 15 is 0 Å². The Morgan fingerprint density at radius 3 is 3.00 bits per heavy atom. The molecule has 0 saturated heterocycles. The smallest absolute Gasteiger partial charge is 0.164 e. The van der Waals surface area contributed by atoms with Crippen molar-refractivity contribution >= 4 is 11.6 Å². The summed E-state index contributed by atoms with van der Waals surface area (Å²) in [4.78, 5) is 0. The highest BCUT2D eigenvalue weighted by molar-refractivity contribution is 6.22. The second-order valence-corrected chi connectivity index (χ2v) is 1.97. The van der Waals surface area contributed by atoms with Crippen LogP contribution in [0, 0.1) is 11.3 Å². The molecule has 1 aromatic heterocycles. The van der Waals surface area contributed by atoms with Crippen molar-refractivity contribution in [3.05, 3.63) is 18.0 Å². The number of aromatic nitrogens is 3. The summed E-state index contributed by atoms with van der Waals surface area (Å²) in [6, 6.07) is 3.37. The Hall–Kier alpha value is -1.21. The molecule has 0 fully saturated rings. The van der Waals surface area contributed by atoms with Gasteiger partial charge >= 0.3 is 0 Å². The van der Waals surface area contributed by atoms with Crippen LogP contribution in [0.1, 0.15) is 11.1 Å². The van der Waals surface area contributed by atoms with Crippen LogP contribution in [-0.2, 0) is 0 Å². The zero-order valence-electron chi connectivity index (χ0n) is 4.90. The standard InChI is InChI=1S/C5H3ClN4/c6-4(3-7)5-1-2-8-10-9-5/h1-2,4H. The van der Waals surface area contributed by atoms with E-state index in [4.69, 9.17) is 16.9 Å². The summed E-state index contributed by atoms with van der Waals surface area (Å²) in [5.41, 5.74) is 0.430. The van der Waals surface area contributed by atoms with E-state index in [9.17, 15) is 0 Å². The highest BCUT2D eigenvalue weighted by atomic mass is 35.5. The van der Waals surface area contributed by atoms with E-state index in [0.717, 1.165) is 0 Å². The van der Waals surface area contributed by atoms with Crippen LogP contribution in [0.15, 0.2) is 12.3 Å². The molecule has 5 heteroatoms. The van der Waals surface area contributed by atoms with E-state index in [1.54, 1.807) is 6.07 Å². The Morgan fingerprint density at radius 2 is 2.50 bits per heavy atom. The van der Waals surface area contributed by atoms with Gasteiger partial charge in [-0.25, -0.2) is 0 Å². The first-order valence-corrected chi connectivity index (χ1v) is 2.96. The number of rotatable bonds is 1. The molecule has 0 aliphatic carbocycles. The number of nitriles is 1. The lowest BCUT2D eigenvalue weighted by atomic mass is 10.3. The Kier molecular flexibility index (Phi) is 2.13. The highest BCUT2D eigenvalue weighted by Gasteiger charge is 2.06. The number of alkyl halides is 1. The van der Waals surface area contributed by atoms with Gasteiger partial charge in [-0.3, -0.25) is 0 Å². The average molecular weight is 155 g/mol. The van der Waals surface area contributed by atoms with Crippen LogP contribution in [-0.4, -0.2) is 15.4 Å². The van der Waals surface area contributed by atoms with Crippen molar-refractivity contribution in [2.24, 2.45) is 0 Å². The molecule has 1 rings (SSSR count). The van der Waals surface area contributed by atoms with E-state index in [0.29, 0.717) is 5.69 Å². The third-order valence-corrected chi connectivity index (χ3v) is 1.22. The van der Waals surface area contributed by atoms with E-state index < -0.39 is 5.38 Å². The maximum absolute atomic E-state index is 8.32. The normalized spacial score (nSPS) is 12.0. The number of hydrogen-bond acceptors (Lipinski definition) is 4. The van der Waals surface area contributed by atoms with E-state index in [1.807, 2.05) is 6.07 Å². The molecule has 0 N–H and O–H groups in total. The Balaban J connectivity index is 2.88. The lowest BCUT2D eigenvalue weighted by Gasteiger charge is -1.93. The van der Waals surface area contributed by atoms with Gasteiger partial charge in [-0.2, -0.15) is 5.26 Å². The number of nitrogens with zero attached hydrogens (tertiary/aromatic N) is 4. The van der Waals surface area contributed by atoms with Crippen molar-refractivity contribution in [2.75, 3.05) is 0 Å². The Morgan fingerprint density at radius 1 is 1.70 bits per heavy atom. The van der Waals surface area contributed by atoms with E-state index in [-0.39, 0.29) is 0 Å². The number of halogens is 1. The number of hydrogen-bond donors (Lipinski definition) is 0. The third kappa shape index (κ3) is 1.39. The largest absolute Gasteiger partial charge is 0.196 e. The van der Waals surface area contributed by atoms with Crippen molar-refractivity contribution in [2.45, 2.75) is 5.38 Å². The summed E-state index contributed by atoms with van der Waals surface area (Å²) in [5, 5.41) is 17.9. The lowest BCUT2D eigenvalue weighted by Crippen LogP contribution is -1.94. The topological polar surface area (TPSA) is 62.5 Å². The van der Waals surface area contributed by atoms with Gasteiger partial charge in [0.15, 0.2) is 5.38 Å². The van der Waals surface area contributed by atoms with Gasteiger partial charge in [0.1, 0.15) is 0 Å². The van der Waals surface area contributed by atoms with Gasteiger partial charge in [0.25, 0.3) is 0 Å². The first-order chi connectivity index (χ1) is 4.84. The van der Waals surface area contributed by atoms with Crippen LogP contribution in [0.2, 0.25) is 0 Å². The van der Waals surface area contributed by atoms with E-state index in [2.05, 4.69) is 15.4 Å². The lowest BCUT2D eigenvalue weighted by molar-refractivity contribution is 0.821. The van der Waals surface area contributed by atoms with Crippen LogP contribution >= 0.6 is 11.6 Å². The van der Waals surface area contributed by atoms with Gasteiger partial charge in [0.2, 0.25) is 0 Å². The molecule has 10 heavy (non-hydrogen) atoms. The molecular formula is C5H3ClN4. The molecular weight excluding hydrogens is 152 g/mol. The van der Waals surface area contributed by atoms with Crippen molar-refractivity contribution < 1.29 is 0 Å². The molecule has 0 bridgehead atoms. The summed E-state index contributed by atoms with van der Waals surface area (Å²) in [6.45, 7) is 0. The molecule has 0 aliphatic heterocycles. The monoisotopic (exact) mass is 154 g/mol. The fourth-order valence-electron chi connectivity index (χ4n) is 0.452. The fourth-order valence-corrected chi connectivity index (χ4v) is 0.568. The first-order valence-electron chi connectivity index (χ1n) is 2.52. The molecule has 0 spiro atoms. The molecule has 1 atom stereocenters. The molecule has 50 valence electrons. The summed E-state index contributed by atoms with van der Waals surface area (Å²) < 4.78 is 0. The van der Waals surface area contributed by atoms with Gasteiger partial charge in [0, 0.05) is 0 Å². The maximum atomic E-state index is 8.32. The van der Waals surface area contributed by atoms with Gasteiger partial charge in [-0.05, 0) is 11.3 Å². The molecule has 4 nitrogen and oxygen atoms in total. The van der Waals surface area contributed by atoms with Crippen molar-refractivity contribution in [3.63, 3.8) is 0 Å². The van der Waals surface area contributed by atoms with Crippen LogP contribution in [0.3, 0.4) is 0 Å².